The van der Waals surface area contributed by atoms with Gasteiger partial charge in [-0.15, -0.1) is 0 Å². The number of anilines is 2. The summed E-state index contributed by atoms with van der Waals surface area (Å²) in [6, 6.07) is 15.2. The van der Waals surface area contributed by atoms with Gasteiger partial charge in [0.25, 0.3) is 0 Å². The van der Waals surface area contributed by atoms with E-state index in [-0.39, 0.29) is 18.1 Å². The van der Waals surface area contributed by atoms with Gasteiger partial charge in [-0.25, -0.2) is 9.59 Å². The van der Waals surface area contributed by atoms with Gasteiger partial charge in [0.15, 0.2) is 0 Å². The van der Waals surface area contributed by atoms with Crippen LogP contribution in [0.2, 0.25) is 0 Å². The summed E-state index contributed by atoms with van der Waals surface area (Å²) in [5, 5.41) is 8.53. The number of piperidine rings is 1. The minimum atomic E-state index is -0.510. The standard InChI is InChI=1S/C20H23N5O3/c21-18(26)14-6-8-16(9-7-14)24-20(28)25-12-10-17(11-13-25)23-19(27)22-15-4-2-1-3-5-15/h1-9,17H,10-13H2,(H2,21,26)(H,24,28)(H2,22,23,27). The van der Waals surface area contributed by atoms with Crippen LogP contribution >= 0.6 is 0 Å². The molecule has 1 aliphatic rings. The largest absolute Gasteiger partial charge is 0.366 e. The first-order valence-electron chi connectivity index (χ1n) is 9.09. The van der Waals surface area contributed by atoms with E-state index >= 15 is 0 Å². The molecule has 146 valence electrons. The lowest BCUT2D eigenvalue weighted by Crippen LogP contribution is -2.48. The predicted octanol–water partition coefficient (Wildman–Crippen LogP) is 2.60. The van der Waals surface area contributed by atoms with Gasteiger partial charge in [0.2, 0.25) is 5.91 Å². The van der Waals surface area contributed by atoms with Crippen LogP contribution in [-0.4, -0.2) is 42.0 Å². The van der Waals surface area contributed by atoms with E-state index in [0.717, 1.165) is 5.69 Å². The summed E-state index contributed by atoms with van der Waals surface area (Å²) in [4.78, 5) is 37.2. The first-order chi connectivity index (χ1) is 13.5. The van der Waals surface area contributed by atoms with Crippen molar-refractivity contribution in [2.45, 2.75) is 18.9 Å². The average Bonchev–Trinajstić information content (AvgIpc) is 2.69. The summed E-state index contributed by atoms with van der Waals surface area (Å²) in [5.41, 5.74) is 6.92. The van der Waals surface area contributed by atoms with E-state index in [4.69, 9.17) is 5.73 Å². The van der Waals surface area contributed by atoms with E-state index in [1.165, 1.54) is 0 Å². The Kier molecular flexibility index (Phi) is 6.11. The summed E-state index contributed by atoms with van der Waals surface area (Å²) >= 11 is 0. The Hall–Kier alpha value is -3.55. The van der Waals surface area contributed by atoms with Gasteiger partial charge >= 0.3 is 12.1 Å². The molecule has 0 aromatic heterocycles. The molecule has 8 nitrogen and oxygen atoms in total. The maximum absolute atomic E-state index is 12.4. The molecule has 1 heterocycles. The molecule has 0 unspecified atom stereocenters. The molecule has 28 heavy (non-hydrogen) atoms. The van der Waals surface area contributed by atoms with Gasteiger partial charge in [-0.05, 0) is 49.2 Å². The summed E-state index contributed by atoms with van der Waals surface area (Å²) in [6.45, 7) is 1.09. The van der Waals surface area contributed by atoms with E-state index in [1.54, 1.807) is 29.2 Å². The van der Waals surface area contributed by atoms with E-state index in [9.17, 15) is 14.4 Å². The van der Waals surface area contributed by atoms with Crippen LogP contribution in [0, 0.1) is 0 Å². The highest BCUT2D eigenvalue weighted by Gasteiger charge is 2.24. The van der Waals surface area contributed by atoms with E-state index in [2.05, 4.69) is 16.0 Å². The number of amides is 5. The minimum absolute atomic E-state index is 0.0163. The Balaban J connectivity index is 1.43. The number of likely N-dealkylation sites (tertiary alicyclic amines) is 1. The van der Waals surface area contributed by atoms with Gasteiger partial charge in [-0.1, -0.05) is 18.2 Å². The second kappa shape index (κ2) is 8.90. The lowest BCUT2D eigenvalue weighted by molar-refractivity contribution is 0.1000. The van der Waals surface area contributed by atoms with Crippen LogP contribution in [0.15, 0.2) is 54.6 Å². The third-order valence-corrected chi connectivity index (χ3v) is 4.57. The Morgan fingerprint density at radius 1 is 0.857 bits per heavy atom. The van der Waals surface area contributed by atoms with Crippen LogP contribution in [0.25, 0.3) is 0 Å². The molecular formula is C20H23N5O3. The summed E-state index contributed by atoms with van der Waals surface area (Å²) in [6.07, 6.45) is 1.35. The molecular weight excluding hydrogens is 358 g/mol. The SMILES string of the molecule is NC(=O)c1ccc(NC(=O)N2CCC(NC(=O)Nc3ccccc3)CC2)cc1. The number of nitrogens with two attached hydrogens (primary N) is 1. The van der Waals surface area contributed by atoms with Gasteiger partial charge in [0.1, 0.15) is 0 Å². The number of carbonyl (C=O) groups is 3. The molecule has 0 bridgehead atoms. The van der Waals surface area contributed by atoms with E-state index < -0.39 is 5.91 Å². The molecule has 8 heteroatoms. The van der Waals surface area contributed by atoms with Crippen molar-refractivity contribution in [2.24, 2.45) is 5.73 Å². The monoisotopic (exact) mass is 381 g/mol. The van der Waals surface area contributed by atoms with Crippen molar-refractivity contribution in [2.75, 3.05) is 23.7 Å². The smallest absolute Gasteiger partial charge is 0.321 e. The fourth-order valence-electron chi connectivity index (χ4n) is 3.02. The third-order valence-electron chi connectivity index (χ3n) is 4.57. The molecule has 3 rings (SSSR count). The number of hydrogen-bond donors (Lipinski definition) is 4. The number of nitrogens with one attached hydrogen (secondary N) is 3. The number of carbonyl (C=O) groups excluding carboxylic acids is 3. The second-order valence-electron chi connectivity index (χ2n) is 6.60. The zero-order valence-corrected chi connectivity index (χ0v) is 15.4. The second-order valence-corrected chi connectivity index (χ2v) is 6.60. The normalized spacial score (nSPS) is 14.2. The van der Waals surface area contributed by atoms with Crippen LogP contribution in [0.5, 0.6) is 0 Å². The number of para-hydroxylation sites is 1. The predicted molar refractivity (Wildman–Crippen MR) is 107 cm³/mol. The molecule has 5 N–H and O–H groups in total. The van der Waals surface area contributed by atoms with Gasteiger partial charge in [-0.2, -0.15) is 0 Å². The summed E-state index contributed by atoms with van der Waals surface area (Å²) < 4.78 is 0. The number of hydrogen-bond acceptors (Lipinski definition) is 3. The van der Waals surface area contributed by atoms with E-state index in [1.807, 2.05) is 30.3 Å². The zero-order valence-electron chi connectivity index (χ0n) is 15.4. The lowest BCUT2D eigenvalue weighted by Gasteiger charge is -2.32. The zero-order chi connectivity index (χ0) is 19.9. The first-order valence-corrected chi connectivity index (χ1v) is 9.09. The van der Waals surface area contributed by atoms with Crippen molar-refractivity contribution >= 4 is 29.3 Å². The highest BCUT2D eigenvalue weighted by atomic mass is 16.2. The Bertz CT molecular complexity index is 831. The first kappa shape index (κ1) is 19.2. The molecule has 0 spiro atoms. The number of rotatable bonds is 4. The number of urea groups is 2. The van der Waals surface area contributed by atoms with Crippen LogP contribution < -0.4 is 21.7 Å². The van der Waals surface area contributed by atoms with Gasteiger partial charge in [0.05, 0.1) is 0 Å². The average molecular weight is 381 g/mol. The van der Waals surface area contributed by atoms with E-state index in [0.29, 0.717) is 37.2 Å². The van der Waals surface area contributed by atoms with Crippen LogP contribution in [-0.2, 0) is 0 Å². The summed E-state index contributed by atoms with van der Waals surface area (Å²) in [5.74, 6) is -0.510. The molecule has 2 aromatic carbocycles. The number of primary amides is 1. The minimum Gasteiger partial charge on any atom is -0.366 e. The van der Waals surface area contributed by atoms with Gasteiger partial charge in [0, 0.05) is 36.1 Å². The number of benzene rings is 2. The van der Waals surface area contributed by atoms with Crippen LogP contribution in [0.3, 0.4) is 0 Å². The van der Waals surface area contributed by atoms with Gasteiger partial charge in [-0.3, -0.25) is 4.79 Å². The fourth-order valence-corrected chi connectivity index (χ4v) is 3.02. The van der Waals surface area contributed by atoms with Crippen LogP contribution in [0.1, 0.15) is 23.2 Å². The van der Waals surface area contributed by atoms with Crippen molar-refractivity contribution < 1.29 is 14.4 Å². The van der Waals surface area contributed by atoms with Crippen molar-refractivity contribution in [3.63, 3.8) is 0 Å². The van der Waals surface area contributed by atoms with Gasteiger partial charge < -0.3 is 26.6 Å². The van der Waals surface area contributed by atoms with Crippen LogP contribution in [0.4, 0.5) is 21.0 Å². The summed E-state index contributed by atoms with van der Waals surface area (Å²) in [7, 11) is 0. The van der Waals surface area contributed by atoms with Crippen molar-refractivity contribution in [3.8, 4) is 0 Å². The maximum Gasteiger partial charge on any atom is 0.321 e. The molecule has 0 radical (unpaired) electrons. The topological polar surface area (TPSA) is 117 Å². The highest BCUT2D eigenvalue weighted by molar-refractivity contribution is 5.94. The molecule has 1 saturated heterocycles. The third kappa shape index (κ3) is 5.23. The van der Waals surface area contributed by atoms with Crippen molar-refractivity contribution in [1.82, 2.24) is 10.2 Å². The molecule has 0 aliphatic carbocycles. The Morgan fingerprint density at radius 2 is 1.46 bits per heavy atom. The molecule has 0 saturated carbocycles. The lowest BCUT2D eigenvalue weighted by atomic mass is 10.1. The maximum atomic E-state index is 12.4. The molecule has 1 fully saturated rings. The Morgan fingerprint density at radius 3 is 2.07 bits per heavy atom. The van der Waals surface area contributed by atoms with Crippen molar-refractivity contribution in [1.29, 1.82) is 0 Å². The molecule has 5 amide bonds. The number of nitrogens with zero attached hydrogens (tertiary/aromatic N) is 1. The molecule has 2 aromatic rings. The molecule has 1 aliphatic heterocycles. The fraction of sp³-hybridized carbons (Fsp3) is 0.250. The molecule has 0 atom stereocenters. The highest BCUT2D eigenvalue weighted by Crippen LogP contribution is 2.15. The van der Waals surface area contributed by atoms with Crippen molar-refractivity contribution in [3.05, 3.63) is 60.2 Å². The quantitative estimate of drug-likeness (QED) is 0.652. The Labute approximate surface area is 163 Å².